The number of ether oxygens (including phenoxy) is 1. The number of fused-ring (bicyclic) bond motifs is 1. The first-order valence-electron chi connectivity index (χ1n) is 11.7. The van der Waals surface area contributed by atoms with E-state index in [9.17, 15) is 24.6 Å². The van der Waals surface area contributed by atoms with Crippen molar-refractivity contribution in [2.45, 2.75) is 62.8 Å². The molecule has 2 unspecified atom stereocenters. The second-order valence-electron chi connectivity index (χ2n) is 9.38. The van der Waals surface area contributed by atoms with Gasteiger partial charge in [-0.05, 0) is 49.9 Å². The van der Waals surface area contributed by atoms with Crippen LogP contribution in [-0.4, -0.2) is 69.3 Å². The Morgan fingerprint density at radius 1 is 1.32 bits per heavy atom. The van der Waals surface area contributed by atoms with Gasteiger partial charge < -0.3 is 24.7 Å². The average Bonchev–Trinajstić information content (AvgIpc) is 3.43. The Morgan fingerprint density at radius 2 is 2.00 bits per heavy atom. The zero-order chi connectivity index (χ0) is 24.8. The number of carbonyl (C=O) groups excluding carboxylic acids is 2. The molecule has 0 aliphatic carbocycles. The molecular weight excluding hydrogens is 460 g/mol. The average molecular weight is 491 g/mol. The number of benzene rings is 1. The van der Waals surface area contributed by atoms with E-state index in [2.05, 4.69) is 6.58 Å². The molecule has 1 aromatic rings. The maximum atomic E-state index is 14.2. The van der Waals surface area contributed by atoms with Gasteiger partial charge in [-0.15, -0.1) is 6.58 Å². The fourth-order valence-corrected chi connectivity index (χ4v) is 6.46. The van der Waals surface area contributed by atoms with E-state index in [1.165, 1.54) is 9.80 Å². The predicted octanol–water partition coefficient (Wildman–Crippen LogP) is 2.87. The first kappa shape index (κ1) is 24.7. The van der Waals surface area contributed by atoms with Crippen LogP contribution in [0.1, 0.15) is 39.5 Å². The van der Waals surface area contributed by atoms with Crippen molar-refractivity contribution in [1.29, 1.82) is 0 Å². The highest BCUT2D eigenvalue weighted by molar-refractivity contribution is 6.30. The summed E-state index contributed by atoms with van der Waals surface area (Å²) in [4.78, 5) is 43.4. The lowest BCUT2D eigenvalue weighted by atomic mass is 9.65. The second-order valence-corrected chi connectivity index (χ2v) is 9.81. The maximum absolute atomic E-state index is 14.2. The summed E-state index contributed by atoms with van der Waals surface area (Å²) in [5, 5.41) is 20.7. The third-order valence-corrected chi connectivity index (χ3v) is 8.16. The van der Waals surface area contributed by atoms with E-state index in [0.29, 0.717) is 36.4 Å². The zero-order valence-electron chi connectivity index (χ0n) is 19.4. The number of aliphatic hydroxyl groups is 1. The Labute approximate surface area is 204 Å². The molecule has 3 aliphatic rings. The normalized spacial score (nSPS) is 32.5. The lowest BCUT2D eigenvalue weighted by molar-refractivity contribution is -0.157. The van der Waals surface area contributed by atoms with Crippen molar-refractivity contribution >= 4 is 35.1 Å². The first-order valence-corrected chi connectivity index (χ1v) is 12.1. The smallest absolute Gasteiger partial charge is 0.310 e. The molecule has 2 N–H and O–H groups in total. The van der Waals surface area contributed by atoms with E-state index in [0.717, 1.165) is 0 Å². The van der Waals surface area contributed by atoms with Crippen molar-refractivity contribution in [3.63, 3.8) is 0 Å². The minimum atomic E-state index is -1.26. The van der Waals surface area contributed by atoms with Crippen LogP contribution in [0.25, 0.3) is 0 Å². The Balaban J connectivity index is 1.86. The lowest BCUT2D eigenvalue weighted by Crippen LogP contribution is -2.59. The van der Waals surface area contributed by atoms with Gasteiger partial charge in [0.1, 0.15) is 17.6 Å². The number of amides is 2. The third kappa shape index (κ3) is 3.38. The number of carbonyl (C=O) groups is 3. The molecule has 34 heavy (non-hydrogen) atoms. The molecule has 3 aliphatic heterocycles. The summed E-state index contributed by atoms with van der Waals surface area (Å²) in [6, 6.07) is 5.08. The van der Waals surface area contributed by atoms with Crippen molar-refractivity contribution in [1.82, 2.24) is 4.90 Å². The molecule has 0 saturated carbocycles. The highest BCUT2D eigenvalue weighted by atomic mass is 35.5. The van der Waals surface area contributed by atoms with Crippen LogP contribution < -0.4 is 4.90 Å². The SMILES string of the molecule is C=CCN(C(=O)C1N([C@@H](CC)CO)C(=O)[C@@H]2[C@H](C(=O)O)[C@]3(CC)CCC12O3)c1ccc(Cl)cc1. The van der Waals surface area contributed by atoms with Crippen LogP contribution in [0.5, 0.6) is 0 Å². The van der Waals surface area contributed by atoms with Gasteiger partial charge in [-0.3, -0.25) is 14.4 Å². The van der Waals surface area contributed by atoms with Gasteiger partial charge in [0.25, 0.3) is 5.91 Å². The van der Waals surface area contributed by atoms with Crippen LogP contribution in [0.2, 0.25) is 5.02 Å². The largest absolute Gasteiger partial charge is 0.481 e. The van der Waals surface area contributed by atoms with Gasteiger partial charge in [-0.1, -0.05) is 31.5 Å². The number of likely N-dealkylation sites (tertiary alicyclic amines) is 1. The first-order chi connectivity index (χ1) is 16.2. The number of aliphatic hydroxyl groups excluding tert-OH is 1. The molecule has 4 rings (SSSR count). The van der Waals surface area contributed by atoms with Crippen LogP contribution in [0.15, 0.2) is 36.9 Å². The summed E-state index contributed by atoms with van der Waals surface area (Å²) >= 11 is 6.04. The Bertz CT molecular complexity index is 996. The molecule has 2 amide bonds. The number of carboxylic acids is 1. The highest BCUT2D eigenvalue weighted by Crippen LogP contribution is 2.64. The van der Waals surface area contributed by atoms with Crippen LogP contribution in [0.4, 0.5) is 5.69 Å². The van der Waals surface area contributed by atoms with Crippen molar-refractivity contribution < 1.29 is 29.3 Å². The lowest BCUT2D eigenvalue weighted by Gasteiger charge is -2.39. The number of hydrogen-bond donors (Lipinski definition) is 2. The number of halogens is 1. The summed E-state index contributed by atoms with van der Waals surface area (Å²) in [7, 11) is 0. The van der Waals surface area contributed by atoms with Gasteiger partial charge in [0, 0.05) is 17.3 Å². The van der Waals surface area contributed by atoms with Gasteiger partial charge in [0.05, 0.1) is 24.2 Å². The summed E-state index contributed by atoms with van der Waals surface area (Å²) in [5.41, 5.74) is -1.67. The number of aliphatic carboxylic acids is 1. The van der Waals surface area contributed by atoms with Gasteiger partial charge in [0.15, 0.2) is 0 Å². The van der Waals surface area contributed by atoms with E-state index in [4.69, 9.17) is 16.3 Å². The standard InChI is InChI=1S/C25H31ClN2O6/c1-4-13-27(17-9-7-15(26)8-10-17)22(31)20-25-12-11-24(6-3,34-25)19(23(32)33)18(25)21(30)28(20)16(5-2)14-29/h4,7-10,16,18-20,29H,1,5-6,11-14H2,2-3H3,(H,32,33)/t16-,18-,19+,20?,24-,25?/m0/s1. The van der Waals surface area contributed by atoms with Crippen molar-refractivity contribution in [3.8, 4) is 0 Å². The van der Waals surface area contributed by atoms with Crippen LogP contribution in [0, 0.1) is 11.8 Å². The quantitative estimate of drug-likeness (QED) is 0.515. The van der Waals surface area contributed by atoms with E-state index in [1.807, 2.05) is 13.8 Å². The number of nitrogens with zero attached hydrogens (tertiary/aromatic N) is 2. The fraction of sp³-hybridized carbons (Fsp3) is 0.560. The number of anilines is 1. The number of hydrogen-bond acceptors (Lipinski definition) is 5. The van der Waals surface area contributed by atoms with Crippen LogP contribution in [0.3, 0.4) is 0 Å². The second kappa shape index (κ2) is 8.98. The molecule has 184 valence electrons. The molecule has 9 heteroatoms. The molecule has 3 fully saturated rings. The zero-order valence-corrected chi connectivity index (χ0v) is 20.2. The minimum Gasteiger partial charge on any atom is -0.481 e. The van der Waals surface area contributed by atoms with Crippen LogP contribution >= 0.6 is 11.6 Å². The predicted molar refractivity (Wildman–Crippen MR) is 126 cm³/mol. The van der Waals surface area contributed by atoms with Crippen LogP contribution in [-0.2, 0) is 19.1 Å². The molecule has 8 nitrogen and oxygen atoms in total. The Morgan fingerprint density at radius 3 is 2.53 bits per heavy atom. The van der Waals surface area contributed by atoms with Gasteiger partial charge in [0.2, 0.25) is 5.91 Å². The highest BCUT2D eigenvalue weighted by Gasteiger charge is 2.79. The Hall–Kier alpha value is -2.42. The van der Waals surface area contributed by atoms with E-state index < -0.39 is 47.0 Å². The molecule has 3 heterocycles. The molecule has 3 saturated heterocycles. The molecule has 0 aromatic heterocycles. The molecular formula is C25H31ClN2O6. The summed E-state index contributed by atoms with van der Waals surface area (Å²) in [6.45, 7) is 7.29. The summed E-state index contributed by atoms with van der Waals surface area (Å²) in [5.74, 6) is -3.94. The van der Waals surface area contributed by atoms with Gasteiger partial charge in [-0.2, -0.15) is 0 Å². The molecule has 1 spiro atoms. The van der Waals surface area contributed by atoms with Gasteiger partial charge >= 0.3 is 5.97 Å². The van der Waals surface area contributed by atoms with E-state index in [-0.39, 0.29) is 19.1 Å². The number of rotatable bonds is 9. The van der Waals surface area contributed by atoms with Crippen molar-refractivity contribution in [2.75, 3.05) is 18.1 Å². The number of carboxylic acid groups (broad SMARTS) is 1. The molecule has 2 bridgehead atoms. The monoisotopic (exact) mass is 490 g/mol. The fourth-order valence-electron chi connectivity index (χ4n) is 6.34. The Kier molecular flexibility index (Phi) is 6.52. The van der Waals surface area contributed by atoms with Gasteiger partial charge in [-0.25, -0.2) is 0 Å². The molecule has 0 radical (unpaired) electrons. The molecule has 6 atom stereocenters. The summed E-state index contributed by atoms with van der Waals surface area (Å²) in [6.07, 6.45) is 3.29. The minimum absolute atomic E-state index is 0.178. The van der Waals surface area contributed by atoms with E-state index in [1.54, 1.807) is 30.3 Å². The third-order valence-electron chi connectivity index (χ3n) is 7.91. The van der Waals surface area contributed by atoms with E-state index >= 15 is 0 Å². The van der Waals surface area contributed by atoms with Crippen molar-refractivity contribution in [3.05, 3.63) is 41.9 Å². The maximum Gasteiger partial charge on any atom is 0.310 e. The topological polar surface area (TPSA) is 107 Å². The van der Waals surface area contributed by atoms with Crippen molar-refractivity contribution in [2.24, 2.45) is 11.8 Å². The summed E-state index contributed by atoms with van der Waals surface area (Å²) < 4.78 is 6.53. The molecule has 1 aromatic carbocycles.